The molecule has 0 saturated carbocycles. The summed E-state index contributed by atoms with van der Waals surface area (Å²) in [5, 5.41) is 0. The summed E-state index contributed by atoms with van der Waals surface area (Å²) in [4.78, 5) is 1.12. The molecule has 0 aliphatic rings. The number of ether oxygens (including phenoxy) is 1. The molecule has 100 valence electrons. The van der Waals surface area contributed by atoms with Crippen molar-refractivity contribution in [3.8, 4) is 5.75 Å². The van der Waals surface area contributed by atoms with Gasteiger partial charge in [0.1, 0.15) is 11.6 Å². The van der Waals surface area contributed by atoms with Crippen LogP contribution in [-0.2, 0) is 12.3 Å². The molecule has 0 fully saturated rings. The second-order valence-electron chi connectivity index (χ2n) is 4.10. The fraction of sp³-hybridized carbons (Fsp3) is 0.200. The van der Waals surface area contributed by atoms with Gasteiger partial charge in [0, 0.05) is 22.8 Å². The van der Waals surface area contributed by atoms with Crippen LogP contribution in [0.3, 0.4) is 0 Å². The van der Waals surface area contributed by atoms with Gasteiger partial charge in [-0.3, -0.25) is 0 Å². The molecule has 0 atom stereocenters. The van der Waals surface area contributed by atoms with Crippen molar-refractivity contribution in [3.63, 3.8) is 0 Å². The largest absolute Gasteiger partial charge is 0.497 e. The van der Waals surface area contributed by atoms with Gasteiger partial charge in [-0.05, 0) is 29.8 Å². The van der Waals surface area contributed by atoms with E-state index in [1.165, 1.54) is 6.07 Å². The van der Waals surface area contributed by atoms with Gasteiger partial charge < -0.3 is 10.5 Å². The predicted octanol–water partition coefficient (Wildman–Crippen LogP) is 3.59. The van der Waals surface area contributed by atoms with Crippen LogP contribution >= 0.6 is 11.8 Å². The molecule has 2 rings (SSSR count). The molecular formula is C15H16FNOS. The first kappa shape index (κ1) is 13.9. The summed E-state index contributed by atoms with van der Waals surface area (Å²) in [7, 11) is 1.65. The number of hydrogen-bond acceptors (Lipinski definition) is 3. The molecule has 0 amide bonds. The molecule has 2 aromatic rings. The molecule has 0 bridgehead atoms. The number of benzene rings is 2. The standard InChI is InChI=1S/C15H16FNOS/c1-18-13-3-2-4-14(8-13)19-10-11-5-6-15(16)12(7-11)9-17/h2-8H,9-10,17H2,1H3. The van der Waals surface area contributed by atoms with Gasteiger partial charge in [-0.1, -0.05) is 18.2 Å². The molecule has 2 N–H and O–H groups in total. The van der Waals surface area contributed by atoms with Gasteiger partial charge in [-0.2, -0.15) is 0 Å². The topological polar surface area (TPSA) is 35.2 Å². The fourth-order valence-electron chi connectivity index (χ4n) is 1.73. The third-order valence-electron chi connectivity index (χ3n) is 2.78. The summed E-state index contributed by atoms with van der Waals surface area (Å²) in [5.41, 5.74) is 7.12. The molecule has 19 heavy (non-hydrogen) atoms. The lowest BCUT2D eigenvalue weighted by atomic mass is 10.1. The number of halogens is 1. The lowest BCUT2D eigenvalue weighted by Gasteiger charge is -2.06. The van der Waals surface area contributed by atoms with E-state index in [1.807, 2.05) is 30.3 Å². The lowest BCUT2D eigenvalue weighted by Crippen LogP contribution is -2.00. The molecule has 2 aromatic carbocycles. The van der Waals surface area contributed by atoms with E-state index in [0.29, 0.717) is 5.56 Å². The average Bonchev–Trinajstić information content (AvgIpc) is 2.46. The second kappa shape index (κ2) is 6.59. The number of rotatable bonds is 5. The molecule has 0 aliphatic heterocycles. The molecule has 0 unspecified atom stereocenters. The van der Waals surface area contributed by atoms with Gasteiger partial charge in [-0.25, -0.2) is 4.39 Å². The van der Waals surface area contributed by atoms with Crippen LogP contribution in [0.25, 0.3) is 0 Å². The molecule has 2 nitrogen and oxygen atoms in total. The Kier molecular flexibility index (Phi) is 4.82. The van der Waals surface area contributed by atoms with Crippen LogP contribution in [-0.4, -0.2) is 7.11 Å². The quantitative estimate of drug-likeness (QED) is 0.848. The van der Waals surface area contributed by atoms with Crippen molar-refractivity contribution in [2.75, 3.05) is 7.11 Å². The van der Waals surface area contributed by atoms with Crippen molar-refractivity contribution >= 4 is 11.8 Å². The normalized spacial score (nSPS) is 10.5. The van der Waals surface area contributed by atoms with Gasteiger partial charge >= 0.3 is 0 Å². The minimum Gasteiger partial charge on any atom is -0.497 e. The van der Waals surface area contributed by atoms with E-state index in [0.717, 1.165) is 22.0 Å². The molecule has 0 aromatic heterocycles. The Morgan fingerprint density at radius 3 is 2.79 bits per heavy atom. The fourth-order valence-corrected chi connectivity index (χ4v) is 2.62. The highest BCUT2D eigenvalue weighted by molar-refractivity contribution is 7.98. The van der Waals surface area contributed by atoms with Crippen molar-refractivity contribution in [1.29, 1.82) is 0 Å². The van der Waals surface area contributed by atoms with E-state index < -0.39 is 0 Å². The van der Waals surface area contributed by atoms with Gasteiger partial charge in [-0.15, -0.1) is 11.8 Å². The highest BCUT2D eigenvalue weighted by Crippen LogP contribution is 2.26. The number of nitrogens with two attached hydrogens (primary N) is 1. The summed E-state index contributed by atoms with van der Waals surface area (Å²) in [6.45, 7) is 0.226. The van der Waals surface area contributed by atoms with Crippen molar-refractivity contribution in [3.05, 3.63) is 59.4 Å². The smallest absolute Gasteiger partial charge is 0.127 e. The third kappa shape index (κ3) is 3.72. The van der Waals surface area contributed by atoms with Crippen LogP contribution in [0, 0.1) is 5.82 Å². The molecule has 0 spiro atoms. The van der Waals surface area contributed by atoms with Crippen LogP contribution in [0.2, 0.25) is 0 Å². The Hall–Kier alpha value is -1.52. The monoisotopic (exact) mass is 277 g/mol. The van der Waals surface area contributed by atoms with Crippen LogP contribution in [0.1, 0.15) is 11.1 Å². The van der Waals surface area contributed by atoms with Crippen molar-refractivity contribution in [2.24, 2.45) is 5.73 Å². The maximum absolute atomic E-state index is 13.3. The van der Waals surface area contributed by atoms with Gasteiger partial charge in [0.15, 0.2) is 0 Å². The third-order valence-corrected chi connectivity index (χ3v) is 3.84. The van der Waals surface area contributed by atoms with Crippen molar-refractivity contribution < 1.29 is 9.13 Å². The number of hydrogen-bond donors (Lipinski definition) is 1. The first-order chi connectivity index (χ1) is 9.22. The van der Waals surface area contributed by atoms with Gasteiger partial charge in [0.25, 0.3) is 0 Å². The zero-order valence-corrected chi connectivity index (χ0v) is 11.5. The summed E-state index contributed by atoms with van der Waals surface area (Å²) in [5.74, 6) is 1.38. The highest BCUT2D eigenvalue weighted by Gasteiger charge is 2.03. The SMILES string of the molecule is COc1cccc(SCc2ccc(F)c(CN)c2)c1. The Bertz CT molecular complexity index is 560. The molecule has 0 heterocycles. The van der Waals surface area contributed by atoms with E-state index >= 15 is 0 Å². The number of methoxy groups -OCH3 is 1. The molecule has 4 heteroatoms. The van der Waals surface area contributed by atoms with Crippen molar-refractivity contribution in [2.45, 2.75) is 17.2 Å². The van der Waals surface area contributed by atoms with E-state index in [-0.39, 0.29) is 12.4 Å². The van der Waals surface area contributed by atoms with E-state index in [2.05, 4.69) is 0 Å². The first-order valence-electron chi connectivity index (χ1n) is 5.97. The predicted molar refractivity (Wildman–Crippen MR) is 76.8 cm³/mol. The van der Waals surface area contributed by atoms with E-state index in [9.17, 15) is 4.39 Å². The minimum atomic E-state index is -0.238. The molecule has 0 radical (unpaired) electrons. The van der Waals surface area contributed by atoms with E-state index in [1.54, 1.807) is 24.9 Å². The highest BCUT2D eigenvalue weighted by atomic mass is 32.2. The first-order valence-corrected chi connectivity index (χ1v) is 6.95. The average molecular weight is 277 g/mol. The van der Waals surface area contributed by atoms with Crippen molar-refractivity contribution in [1.82, 2.24) is 0 Å². The summed E-state index contributed by atoms with van der Waals surface area (Å²) < 4.78 is 18.5. The van der Waals surface area contributed by atoms with Crippen LogP contribution < -0.4 is 10.5 Å². The zero-order valence-electron chi connectivity index (χ0n) is 10.7. The molecule has 0 aliphatic carbocycles. The summed E-state index contributed by atoms with van der Waals surface area (Å²) >= 11 is 1.68. The second-order valence-corrected chi connectivity index (χ2v) is 5.15. The van der Waals surface area contributed by atoms with Gasteiger partial charge in [0.05, 0.1) is 7.11 Å². The summed E-state index contributed by atoms with van der Waals surface area (Å²) in [6, 6.07) is 13.0. The van der Waals surface area contributed by atoms with Crippen LogP contribution in [0.5, 0.6) is 5.75 Å². The Labute approximate surface area is 116 Å². The zero-order chi connectivity index (χ0) is 13.7. The Balaban J connectivity index is 2.05. The van der Waals surface area contributed by atoms with Crippen LogP contribution in [0.4, 0.5) is 4.39 Å². The van der Waals surface area contributed by atoms with Gasteiger partial charge in [0.2, 0.25) is 0 Å². The van der Waals surface area contributed by atoms with Crippen LogP contribution in [0.15, 0.2) is 47.4 Å². The Morgan fingerprint density at radius 1 is 1.21 bits per heavy atom. The molecular weight excluding hydrogens is 261 g/mol. The Morgan fingerprint density at radius 2 is 2.05 bits per heavy atom. The summed E-state index contributed by atoms with van der Waals surface area (Å²) in [6.07, 6.45) is 0. The maximum Gasteiger partial charge on any atom is 0.127 e. The number of thioether (sulfide) groups is 1. The van der Waals surface area contributed by atoms with E-state index in [4.69, 9.17) is 10.5 Å². The minimum absolute atomic E-state index is 0.226. The lowest BCUT2D eigenvalue weighted by molar-refractivity contribution is 0.413. The maximum atomic E-state index is 13.3. The molecule has 0 saturated heterocycles.